The number of imidazole rings is 1. The Kier molecular flexibility index (Phi) is 4.17. The molecule has 0 amide bonds. The van der Waals surface area contributed by atoms with Gasteiger partial charge in [0, 0.05) is 18.7 Å². The fourth-order valence-electron chi connectivity index (χ4n) is 2.53. The summed E-state index contributed by atoms with van der Waals surface area (Å²) in [5.41, 5.74) is 2.71. The van der Waals surface area contributed by atoms with Gasteiger partial charge < -0.3 is 19.1 Å². The number of aromatic nitrogens is 2. The second-order valence-electron chi connectivity index (χ2n) is 5.09. The molecule has 2 aromatic carbocycles. The van der Waals surface area contributed by atoms with Crippen molar-refractivity contribution in [3.8, 4) is 28.6 Å². The quantitative estimate of drug-likeness (QED) is 0.743. The maximum Gasteiger partial charge on any atom is 0.172 e. The van der Waals surface area contributed by atoms with E-state index in [4.69, 9.17) is 9.47 Å². The first kappa shape index (κ1) is 15.7. The molecule has 1 N–H and O–H groups in total. The van der Waals surface area contributed by atoms with E-state index in [-0.39, 0.29) is 5.75 Å². The SMILES string of the molecule is CCOc1cc(-c2nc3cc(OC)ccc3n2C)cc(Br)c1O. The number of methoxy groups -OCH3 is 1. The van der Waals surface area contributed by atoms with Crippen LogP contribution in [0.1, 0.15) is 6.92 Å². The highest BCUT2D eigenvalue weighted by Gasteiger charge is 2.15. The number of phenols is 1. The minimum Gasteiger partial charge on any atom is -0.503 e. The van der Waals surface area contributed by atoms with Crippen molar-refractivity contribution in [1.29, 1.82) is 0 Å². The van der Waals surface area contributed by atoms with E-state index in [9.17, 15) is 5.11 Å². The average molecular weight is 377 g/mol. The van der Waals surface area contributed by atoms with Gasteiger partial charge in [0.25, 0.3) is 0 Å². The lowest BCUT2D eigenvalue weighted by atomic mass is 10.2. The summed E-state index contributed by atoms with van der Waals surface area (Å²) in [4.78, 5) is 4.69. The van der Waals surface area contributed by atoms with Crippen molar-refractivity contribution in [3.63, 3.8) is 0 Å². The first-order chi connectivity index (χ1) is 11.0. The Bertz CT molecular complexity index is 874. The van der Waals surface area contributed by atoms with Crippen molar-refractivity contribution < 1.29 is 14.6 Å². The molecular weight excluding hydrogens is 360 g/mol. The van der Waals surface area contributed by atoms with Crippen LogP contribution in [0.15, 0.2) is 34.8 Å². The maximum atomic E-state index is 10.1. The van der Waals surface area contributed by atoms with E-state index in [0.29, 0.717) is 16.8 Å². The molecule has 0 radical (unpaired) electrons. The van der Waals surface area contributed by atoms with Crippen LogP contribution in [-0.2, 0) is 7.05 Å². The van der Waals surface area contributed by atoms with Crippen molar-refractivity contribution >= 4 is 27.0 Å². The van der Waals surface area contributed by atoms with E-state index in [2.05, 4.69) is 20.9 Å². The number of hydrogen-bond donors (Lipinski definition) is 1. The smallest absolute Gasteiger partial charge is 0.172 e. The lowest BCUT2D eigenvalue weighted by Crippen LogP contribution is -1.96. The van der Waals surface area contributed by atoms with Gasteiger partial charge in [-0.05, 0) is 47.1 Å². The van der Waals surface area contributed by atoms with Crippen LogP contribution in [0.4, 0.5) is 0 Å². The largest absolute Gasteiger partial charge is 0.503 e. The molecule has 0 saturated heterocycles. The third-order valence-corrected chi connectivity index (χ3v) is 4.28. The third kappa shape index (κ3) is 2.74. The zero-order chi connectivity index (χ0) is 16.6. The number of rotatable bonds is 4. The van der Waals surface area contributed by atoms with E-state index >= 15 is 0 Å². The number of ether oxygens (including phenoxy) is 2. The Balaban J connectivity index is 2.18. The van der Waals surface area contributed by atoms with Crippen molar-refractivity contribution in [2.75, 3.05) is 13.7 Å². The standard InChI is InChI=1S/C17H17BrN2O3/c1-4-23-15-8-10(7-12(18)16(15)21)17-19-13-9-11(22-3)5-6-14(13)20(17)2/h5-9,21H,4H2,1-3H3. The zero-order valence-corrected chi connectivity index (χ0v) is 14.7. The minimum absolute atomic E-state index is 0.0935. The van der Waals surface area contributed by atoms with Crippen LogP contribution in [0.5, 0.6) is 17.2 Å². The van der Waals surface area contributed by atoms with Gasteiger partial charge in [0.1, 0.15) is 11.6 Å². The molecule has 0 aliphatic heterocycles. The maximum absolute atomic E-state index is 10.1. The first-order valence-corrected chi connectivity index (χ1v) is 8.00. The molecule has 0 fully saturated rings. The molecule has 0 aliphatic carbocycles. The lowest BCUT2D eigenvalue weighted by molar-refractivity contribution is 0.317. The molecule has 1 heterocycles. The number of halogens is 1. The van der Waals surface area contributed by atoms with Crippen molar-refractivity contribution in [3.05, 3.63) is 34.8 Å². The normalized spacial score (nSPS) is 11.0. The van der Waals surface area contributed by atoms with Crippen molar-refractivity contribution in [2.45, 2.75) is 6.92 Å². The number of hydrogen-bond acceptors (Lipinski definition) is 4. The third-order valence-electron chi connectivity index (χ3n) is 3.67. The van der Waals surface area contributed by atoms with Crippen LogP contribution >= 0.6 is 15.9 Å². The Labute approximate surface area is 142 Å². The van der Waals surface area contributed by atoms with E-state index in [1.807, 2.05) is 42.8 Å². The van der Waals surface area contributed by atoms with Crippen LogP contribution in [0.25, 0.3) is 22.4 Å². The summed E-state index contributed by atoms with van der Waals surface area (Å²) in [5.74, 6) is 2.08. The number of aryl methyl sites for hydroxylation is 1. The summed E-state index contributed by atoms with van der Waals surface area (Å²) in [6.07, 6.45) is 0. The Hall–Kier alpha value is -2.21. The molecule has 3 aromatic rings. The summed E-state index contributed by atoms with van der Waals surface area (Å²) in [7, 11) is 3.59. The van der Waals surface area contributed by atoms with Crippen molar-refractivity contribution in [1.82, 2.24) is 9.55 Å². The number of benzene rings is 2. The topological polar surface area (TPSA) is 56.5 Å². The van der Waals surface area contributed by atoms with Crippen LogP contribution in [0.3, 0.4) is 0 Å². The van der Waals surface area contributed by atoms with Gasteiger partial charge in [0.05, 0.1) is 29.2 Å². The Morgan fingerprint density at radius 3 is 2.74 bits per heavy atom. The summed E-state index contributed by atoms with van der Waals surface area (Å²) < 4.78 is 13.3. The van der Waals surface area contributed by atoms with Gasteiger partial charge in [0.2, 0.25) is 0 Å². The van der Waals surface area contributed by atoms with Crippen LogP contribution in [0.2, 0.25) is 0 Å². The van der Waals surface area contributed by atoms with Gasteiger partial charge in [-0.3, -0.25) is 0 Å². The van der Waals surface area contributed by atoms with Crippen molar-refractivity contribution in [2.24, 2.45) is 7.05 Å². The van der Waals surface area contributed by atoms with Gasteiger partial charge in [-0.25, -0.2) is 4.98 Å². The molecule has 1 aromatic heterocycles. The highest BCUT2D eigenvalue weighted by molar-refractivity contribution is 9.10. The molecule has 6 heteroatoms. The Morgan fingerprint density at radius 2 is 2.04 bits per heavy atom. The molecule has 23 heavy (non-hydrogen) atoms. The fourth-order valence-corrected chi connectivity index (χ4v) is 2.98. The molecule has 0 saturated carbocycles. The molecule has 5 nitrogen and oxygen atoms in total. The van der Waals surface area contributed by atoms with Crippen LogP contribution in [0, 0.1) is 0 Å². The van der Waals surface area contributed by atoms with E-state index in [0.717, 1.165) is 28.2 Å². The summed E-state index contributed by atoms with van der Waals surface area (Å²) in [6, 6.07) is 9.41. The zero-order valence-electron chi connectivity index (χ0n) is 13.1. The predicted molar refractivity (Wildman–Crippen MR) is 93.2 cm³/mol. The van der Waals surface area contributed by atoms with Crippen LogP contribution in [-0.4, -0.2) is 28.4 Å². The summed E-state index contributed by atoms with van der Waals surface area (Å²) in [5, 5.41) is 10.1. The number of aromatic hydroxyl groups is 1. The molecule has 0 atom stereocenters. The monoisotopic (exact) mass is 376 g/mol. The summed E-state index contributed by atoms with van der Waals surface area (Å²) in [6.45, 7) is 2.35. The minimum atomic E-state index is 0.0935. The van der Waals surface area contributed by atoms with E-state index in [1.54, 1.807) is 13.2 Å². The predicted octanol–water partition coefficient (Wildman–Crippen LogP) is 4.12. The molecule has 0 aliphatic rings. The highest BCUT2D eigenvalue weighted by atomic mass is 79.9. The van der Waals surface area contributed by atoms with E-state index < -0.39 is 0 Å². The van der Waals surface area contributed by atoms with Gasteiger partial charge in [-0.2, -0.15) is 0 Å². The van der Waals surface area contributed by atoms with Gasteiger partial charge in [-0.15, -0.1) is 0 Å². The first-order valence-electron chi connectivity index (χ1n) is 7.21. The lowest BCUT2D eigenvalue weighted by Gasteiger charge is -2.10. The molecule has 3 rings (SSSR count). The molecule has 0 spiro atoms. The molecule has 120 valence electrons. The number of phenolic OH excluding ortho intramolecular Hbond substituents is 1. The van der Waals surface area contributed by atoms with E-state index in [1.165, 1.54) is 0 Å². The van der Waals surface area contributed by atoms with Crippen LogP contribution < -0.4 is 9.47 Å². The second kappa shape index (κ2) is 6.12. The molecule has 0 bridgehead atoms. The number of nitrogens with zero attached hydrogens (tertiary/aromatic N) is 2. The fraction of sp³-hybridized carbons (Fsp3) is 0.235. The molecule has 0 unspecified atom stereocenters. The Morgan fingerprint density at radius 1 is 1.26 bits per heavy atom. The molecular formula is C17H17BrN2O3. The summed E-state index contributed by atoms with van der Waals surface area (Å²) >= 11 is 3.37. The average Bonchev–Trinajstić information content (AvgIpc) is 2.88. The van der Waals surface area contributed by atoms with Gasteiger partial charge in [0.15, 0.2) is 11.5 Å². The van der Waals surface area contributed by atoms with Gasteiger partial charge in [-0.1, -0.05) is 0 Å². The number of fused-ring (bicyclic) bond motifs is 1. The highest BCUT2D eigenvalue weighted by Crippen LogP contribution is 2.39. The van der Waals surface area contributed by atoms with Gasteiger partial charge >= 0.3 is 0 Å². The second-order valence-corrected chi connectivity index (χ2v) is 5.94.